The number of rotatable bonds is 4. The van der Waals surface area contributed by atoms with Gasteiger partial charge in [0.1, 0.15) is 6.10 Å². The van der Waals surface area contributed by atoms with Gasteiger partial charge in [0.15, 0.2) is 5.15 Å². The van der Waals surface area contributed by atoms with Gasteiger partial charge in [-0.3, -0.25) is 9.78 Å². The predicted molar refractivity (Wildman–Crippen MR) is 106 cm³/mol. The SMILES string of the molecule is O=C(c1ccc(-c2ccsc2)cc1)N1CCC(Oc2cncc(Cl)n2)CC1. The smallest absolute Gasteiger partial charge is 0.253 e. The summed E-state index contributed by atoms with van der Waals surface area (Å²) in [5.74, 6) is 0.490. The minimum Gasteiger partial charge on any atom is -0.473 e. The van der Waals surface area contributed by atoms with Crippen LogP contribution in [-0.2, 0) is 0 Å². The Morgan fingerprint density at radius 2 is 1.89 bits per heavy atom. The summed E-state index contributed by atoms with van der Waals surface area (Å²) in [7, 11) is 0. The zero-order valence-corrected chi connectivity index (χ0v) is 16.1. The molecule has 1 aliphatic heterocycles. The highest BCUT2D eigenvalue weighted by Crippen LogP contribution is 2.24. The highest BCUT2D eigenvalue weighted by atomic mass is 35.5. The zero-order valence-electron chi connectivity index (χ0n) is 14.5. The van der Waals surface area contributed by atoms with Gasteiger partial charge in [-0.25, -0.2) is 0 Å². The first kappa shape index (κ1) is 17.9. The van der Waals surface area contributed by atoms with Gasteiger partial charge in [-0.1, -0.05) is 23.7 Å². The van der Waals surface area contributed by atoms with E-state index in [0.29, 0.717) is 29.7 Å². The van der Waals surface area contributed by atoms with E-state index >= 15 is 0 Å². The molecule has 0 saturated carbocycles. The molecule has 0 atom stereocenters. The highest BCUT2D eigenvalue weighted by molar-refractivity contribution is 7.08. The van der Waals surface area contributed by atoms with Crippen molar-refractivity contribution >= 4 is 28.8 Å². The monoisotopic (exact) mass is 399 g/mol. The van der Waals surface area contributed by atoms with Crippen molar-refractivity contribution in [1.29, 1.82) is 0 Å². The number of carbonyl (C=O) groups excluding carboxylic acids is 1. The second kappa shape index (κ2) is 8.06. The molecule has 1 fully saturated rings. The third kappa shape index (κ3) is 4.28. The third-order valence-corrected chi connectivity index (χ3v) is 5.45. The lowest BCUT2D eigenvalue weighted by Crippen LogP contribution is -2.41. The lowest BCUT2D eigenvalue weighted by atomic mass is 10.0. The Balaban J connectivity index is 1.34. The van der Waals surface area contributed by atoms with Crippen LogP contribution in [0.1, 0.15) is 23.2 Å². The molecule has 4 rings (SSSR count). The highest BCUT2D eigenvalue weighted by Gasteiger charge is 2.25. The molecule has 7 heteroatoms. The number of aromatic nitrogens is 2. The van der Waals surface area contributed by atoms with Gasteiger partial charge in [-0.05, 0) is 40.1 Å². The quantitative estimate of drug-likeness (QED) is 0.646. The molecule has 0 spiro atoms. The van der Waals surface area contributed by atoms with E-state index in [2.05, 4.69) is 26.8 Å². The number of halogens is 1. The first-order chi connectivity index (χ1) is 13.2. The van der Waals surface area contributed by atoms with E-state index in [0.717, 1.165) is 18.4 Å². The summed E-state index contributed by atoms with van der Waals surface area (Å²) < 4.78 is 5.83. The molecular weight excluding hydrogens is 382 g/mol. The van der Waals surface area contributed by atoms with Crippen LogP contribution in [0.5, 0.6) is 5.88 Å². The van der Waals surface area contributed by atoms with Crippen molar-refractivity contribution in [1.82, 2.24) is 14.9 Å². The lowest BCUT2D eigenvalue weighted by molar-refractivity contribution is 0.0587. The first-order valence-electron chi connectivity index (χ1n) is 8.75. The molecule has 138 valence electrons. The fourth-order valence-corrected chi connectivity index (χ4v) is 3.95. The van der Waals surface area contributed by atoms with Crippen LogP contribution in [0.25, 0.3) is 11.1 Å². The van der Waals surface area contributed by atoms with E-state index in [1.807, 2.05) is 29.2 Å². The van der Waals surface area contributed by atoms with Gasteiger partial charge >= 0.3 is 0 Å². The number of thiophene rings is 1. The van der Waals surface area contributed by atoms with Crippen molar-refractivity contribution in [3.05, 3.63) is 64.2 Å². The molecule has 5 nitrogen and oxygen atoms in total. The van der Waals surface area contributed by atoms with Gasteiger partial charge in [0.25, 0.3) is 5.91 Å². The lowest BCUT2D eigenvalue weighted by Gasteiger charge is -2.32. The maximum atomic E-state index is 12.8. The Labute approximate surface area is 166 Å². The second-order valence-electron chi connectivity index (χ2n) is 6.38. The first-order valence-corrected chi connectivity index (χ1v) is 10.1. The number of ether oxygens (including phenoxy) is 1. The van der Waals surface area contributed by atoms with Crippen molar-refractivity contribution in [2.45, 2.75) is 18.9 Å². The molecule has 1 aromatic carbocycles. The fourth-order valence-electron chi connectivity index (χ4n) is 3.15. The number of carbonyl (C=O) groups is 1. The molecule has 3 heterocycles. The molecule has 1 saturated heterocycles. The van der Waals surface area contributed by atoms with Crippen molar-refractivity contribution in [3.63, 3.8) is 0 Å². The van der Waals surface area contributed by atoms with Crippen molar-refractivity contribution in [3.8, 4) is 17.0 Å². The molecule has 1 aliphatic rings. The maximum Gasteiger partial charge on any atom is 0.253 e. The van der Waals surface area contributed by atoms with Gasteiger partial charge in [0, 0.05) is 31.5 Å². The van der Waals surface area contributed by atoms with E-state index in [-0.39, 0.29) is 12.0 Å². The van der Waals surface area contributed by atoms with Crippen molar-refractivity contribution < 1.29 is 9.53 Å². The summed E-state index contributed by atoms with van der Waals surface area (Å²) in [6.45, 7) is 1.31. The molecule has 2 aromatic heterocycles. The number of piperidine rings is 1. The minimum atomic E-state index is 0.0165. The third-order valence-electron chi connectivity index (χ3n) is 4.59. The van der Waals surface area contributed by atoms with Crippen LogP contribution in [0, 0.1) is 0 Å². The van der Waals surface area contributed by atoms with E-state index in [1.165, 1.54) is 11.8 Å². The van der Waals surface area contributed by atoms with Crippen LogP contribution in [0.15, 0.2) is 53.5 Å². The van der Waals surface area contributed by atoms with Gasteiger partial charge in [0.05, 0.1) is 12.4 Å². The Hall–Kier alpha value is -2.44. The summed E-state index contributed by atoms with van der Waals surface area (Å²) in [6.07, 6.45) is 4.56. The maximum absolute atomic E-state index is 12.8. The number of hydrogen-bond acceptors (Lipinski definition) is 5. The largest absolute Gasteiger partial charge is 0.473 e. The molecule has 0 bridgehead atoms. The Morgan fingerprint density at radius 3 is 2.56 bits per heavy atom. The number of benzene rings is 1. The number of nitrogens with zero attached hydrogens (tertiary/aromatic N) is 3. The standard InChI is InChI=1S/C20H18ClN3O2S/c21-18-11-22-12-19(23-18)26-17-5-8-24(9-6-17)20(25)15-3-1-14(2-4-15)16-7-10-27-13-16/h1-4,7,10-13,17H,5-6,8-9H2. The Morgan fingerprint density at radius 1 is 1.11 bits per heavy atom. The van der Waals surface area contributed by atoms with Crippen molar-refractivity contribution in [2.75, 3.05) is 13.1 Å². The summed E-state index contributed by atoms with van der Waals surface area (Å²) in [4.78, 5) is 22.7. The van der Waals surface area contributed by atoms with Crippen LogP contribution >= 0.6 is 22.9 Å². The molecular formula is C20H18ClN3O2S. The van der Waals surface area contributed by atoms with Gasteiger partial charge in [-0.2, -0.15) is 16.3 Å². The molecule has 0 N–H and O–H groups in total. The second-order valence-corrected chi connectivity index (χ2v) is 7.55. The molecule has 0 aliphatic carbocycles. The van der Waals surface area contributed by atoms with Crippen LogP contribution < -0.4 is 4.74 Å². The molecule has 27 heavy (non-hydrogen) atoms. The molecule has 1 amide bonds. The zero-order chi connectivity index (χ0) is 18.6. The minimum absolute atomic E-state index is 0.0165. The summed E-state index contributed by atoms with van der Waals surface area (Å²) >= 11 is 7.50. The summed E-state index contributed by atoms with van der Waals surface area (Å²) in [6, 6.07) is 9.89. The average molecular weight is 400 g/mol. The van der Waals surface area contributed by atoms with Gasteiger partial charge in [0.2, 0.25) is 5.88 Å². The number of amides is 1. The molecule has 0 unspecified atom stereocenters. The predicted octanol–water partition coefficient (Wildman–Crippen LogP) is 4.54. The number of likely N-dealkylation sites (tertiary alicyclic amines) is 1. The van der Waals surface area contributed by atoms with E-state index in [9.17, 15) is 4.79 Å². The van der Waals surface area contributed by atoms with E-state index in [1.54, 1.807) is 17.5 Å². The van der Waals surface area contributed by atoms with Gasteiger partial charge < -0.3 is 9.64 Å². The van der Waals surface area contributed by atoms with Crippen LogP contribution in [0.3, 0.4) is 0 Å². The molecule has 3 aromatic rings. The normalized spacial score (nSPS) is 14.9. The topological polar surface area (TPSA) is 55.3 Å². The fraction of sp³-hybridized carbons (Fsp3) is 0.250. The van der Waals surface area contributed by atoms with E-state index < -0.39 is 0 Å². The van der Waals surface area contributed by atoms with E-state index in [4.69, 9.17) is 16.3 Å². The van der Waals surface area contributed by atoms with Crippen LogP contribution in [-0.4, -0.2) is 40.0 Å². The van der Waals surface area contributed by atoms with Crippen molar-refractivity contribution in [2.24, 2.45) is 0 Å². The summed E-state index contributed by atoms with van der Waals surface area (Å²) in [5.41, 5.74) is 3.03. The van der Waals surface area contributed by atoms with Gasteiger partial charge in [-0.15, -0.1) is 0 Å². The average Bonchev–Trinajstić information content (AvgIpc) is 3.23. The Kier molecular flexibility index (Phi) is 5.36. The number of hydrogen-bond donors (Lipinski definition) is 0. The molecule has 0 radical (unpaired) electrons. The summed E-state index contributed by atoms with van der Waals surface area (Å²) in [5, 5.41) is 4.47. The Bertz CT molecular complexity index is 907. The van der Waals surface area contributed by atoms with Crippen LogP contribution in [0.4, 0.5) is 0 Å². The van der Waals surface area contributed by atoms with Crippen LogP contribution in [0.2, 0.25) is 5.15 Å².